The van der Waals surface area contributed by atoms with Crippen LogP contribution in [-0.4, -0.2) is 26.1 Å². The standard InChI is InChI=1S/C28H20N2O4S2/c31-26-25(36-28(35)30(26)17-19-5-2-1-3-6-19)15-23-12-13-24(34-23)21-8-10-22(11-9-21)27(32)33-18-20-7-4-14-29-16-20/h1-16H,17-18H2/b25-15+. The maximum Gasteiger partial charge on any atom is 0.338 e. The van der Waals surface area contributed by atoms with E-state index in [1.807, 2.05) is 42.5 Å². The van der Waals surface area contributed by atoms with Gasteiger partial charge in [0.05, 0.1) is 17.0 Å². The summed E-state index contributed by atoms with van der Waals surface area (Å²) in [6.07, 6.45) is 5.03. The number of nitrogens with zero attached hydrogens (tertiary/aromatic N) is 2. The average molecular weight is 513 g/mol. The number of pyridine rings is 1. The first-order chi connectivity index (χ1) is 17.6. The zero-order chi connectivity index (χ0) is 24.9. The molecule has 0 atom stereocenters. The Morgan fingerprint density at radius 2 is 1.78 bits per heavy atom. The van der Waals surface area contributed by atoms with Crippen molar-refractivity contribution < 1.29 is 18.7 Å². The van der Waals surface area contributed by atoms with Gasteiger partial charge >= 0.3 is 5.97 Å². The lowest BCUT2D eigenvalue weighted by atomic mass is 10.1. The number of furan rings is 1. The molecule has 1 aliphatic rings. The molecule has 0 N–H and O–H groups in total. The summed E-state index contributed by atoms with van der Waals surface area (Å²) in [5.41, 5.74) is 3.08. The Labute approximate surface area is 217 Å². The van der Waals surface area contributed by atoms with E-state index in [1.165, 1.54) is 11.8 Å². The van der Waals surface area contributed by atoms with Crippen LogP contribution in [0.5, 0.6) is 0 Å². The summed E-state index contributed by atoms with van der Waals surface area (Å²) in [6, 6.07) is 24.0. The number of esters is 1. The second-order valence-corrected chi connectivity index (χ2v) is 9.65. The minimum atomic E-state index is -0.414. The molecule has 1 aliphatic heterocycles. The van der Waals surface area contributed by atoms with Crippen LogP contribution in [0, 0.1) is 0 Å². The molecule has 6 nitrogen and oxygen atoms in total. The van der Waals surface area contributed by atoms with Crippen molar-refractivity contribution in [2.75, 3.05) is 0 Å². The molecule has 8 heteroatoms. The third-order valence-corrected chi connectivity index (χ3v) is 6.83. The van der Waals surface area contributed by atoms with Crippen LogP contribution in [0.2, 0.25) is 0 Å². The van der Waals surface area contributed by atoms with Gasteiger partial charge in [0.15, 0.2) is 0 Å². The Hall–Kier alpha value is -4.01. The molecule has 3 heterocycles. The first-order valence-electron chi connectivity index (χ1n) is 11.1. The van der Waals surface area contributed by atoms with Gasteiger partial charge in [0.2, 0.25) is 0 Å². The van der Waals surface area contributed by atoms with Crippen molar-refractivity contribution in [1.29, 1.82) is 0 Å². The molecular formula is C28H20N2O4S2. The molecule has 0 radical (unpaired) electrons. The number of rotatable bonds is 7. The monoisotopic (exact) mass is 512 g/mol. The second-order valence-electron chi connectivity index (χ2n) is 7.97. The van der Waals surface area contributed by atoms with E-state index in [9.17, 15) is 9.59 Å². The lowest BCUT2D eigenvalue weighted by molar-refractivity contribution is -0.122. The number of thioether (sulfide) groups is 1. The molecule has 5 rings (SSSR count). The normalized spacial score (nSPS) is 14.4. The van der Waals surface area contributed by atoms with Crippen LogP contribution < -0.4 is 0 Å². The summed E-state index contributed by atoms with van der Waals surface area (Å²) >= 11 is 6.69. The van der Waals surface area contributed by atoms with Gasteiger partial charge < -0.3 is 9.15 Å². The third-order valence-electron chi connectivity index (χ3n) is 5.46. The van der Waals surface area contributed by atoms with Crippen LogP contribution in [0.3, 0.4) is 0 Å². The number of carbonyl (C=O) groups is 2. The first-order valence-corrected chi connectivity index (χ1v) is 12.3. The maximum absolute atomic E-state index is 12.9. The second kappa shape index (κ2) is 10.7. The molecule has 4 aromatic rings. The molecule has 2 aromatic heterocycles. The Morgan fingerprint density at radius 3 is 2.53 bits per heavy atom. The first kappa shape index (κ1) is 23.7. The van der Waals surface area contributed by atoms with Crippen LogP contribution >= 0.6 is 24.0 Å². The minimum Gasteiger partial charge on any atom is -0.457 e. The van der Waals surface area contributed by atoms with Crippen LogP contribution in [0.1, 0.15) is 27.2 Å². The van der Waals surface area contributed by atoms with Crippen molar-refractivity contribution >= 4 is 46.3 Å². The Morgan fingerprint density at radius 1 is 1.00 bits per heavy atom. The van der Waals surface area contributed by atoms with Gasteiger partial charge in [-0.25, -0.2) is 4.79 Å². The molecule has 1 fully saturated rings. The molecule has 0 bridgehead atoms. The van der Waals surface area contributed by atoms with E-state index in [4.69, 9.17) is 21.4 Å². The zero-order valence-corrected chi connectivity index (χ0v) is 20.6. The molecule has 1 saturated heterocycles. The van der Waals surface area contributed by atoms with Crippen molar-refractivity contribution in [3.8, 4) is 11.3 Å². The number of amides is 1. The van der Waals surface area contributed by atoms with Gasteiger partial charge in [-0.3, -0.25) is 14.7 Å². The van der Waals surface area contributed by atoms with E-state index in [0.717, 1.165) is 16.7 Å². The summed E-state index contributed by atoms with van der Waals surface area (Å²) in [6.45, 7) is 0.594. The topological polar surface area (TPSA) is 72.6 Å². The maximum atomic E-state index is 12.9. The summed E-state index contributed by atoms with van der Waals surface area (Å²) in [5, 5.41) is 0. The lowest BCUT2D eigenvalue weighted by Gasteiger charge is -2.14. The van der Waals surface area contributed by atoms with Gasteiger partial charge in [0.25, 0.3) is 5.91 Å². The quantitative estimate of drug-likeness (QED) is 0.168. The number of benzene rings is 2. The molecule has 0 aliphatic carbocycles. The molecule has 0 saturated carbocycles. The molecule has 1 amide bonds. The van der Waals surface area contributed by atoms with Gasteiger partial charge in [-0.05, 0) is 35.9 Å². The van der Waals surface area contributed by atoms with Gasteiger partial charge in [0.1, 0.15) is 22.4 Å². The van der Waals surface area contributed by atoms with E-state index >= 15 is 0 Å². The lowest BCUT2D eigenvalue weighted by Crippen LogP contribution is -2.27. The number of ether oxygens (including phenoxy) is 1. The van der Waals surface area contributed by atoms with Crippen molar-refractivity contribution in [2.24, 2.45) is 0 Å². The van der Waals surface area contributed by atoms with E-state index in [-0.39, 0.29) is 12.5 Å². The predicted molar refractivity (Wildman–Crippen MR) is 143 cm³/mol. The largest absolute Gasteiger partial charge is 0.457 e. The summed E-state index contributed by atoms with van der Waals surface area (Å²) in [5.74, 6) is 0.616. The Balaban J connectivity index is 1.24. The number of hydrogen-bond donors (Lipinski definition) is 0. The summed E-state index contributed by atoms with van der Waals surface area (Å²) in [4.78, 5) is 31.4. The summed E-state index contributed by atoms with van der Waals surface area (Å²) in [7, 11) is 0. The van der Waals surface area contributed by atoms with Gasteiger partial charge in [-0.2, -0.15) is 0 Å². The molecule has 2 aromatic carbocycles. The zero-order valence-electron chi connectivity index (χ0n) is 19.0. The minimum absolute atomic E-state index is 0.138. The fraction of sp³-hybridized carbons (Fsp3) is 0.0714. The van der Waals surface area contributed by atoms with Gasteiger partial charge in [-0.1, -0.05) is 72.5 Å². The van der Waals surface area contributed by atoms with Crippen molar-refractivity contribution in [1.82, 2.24) is 9.88 Å². The number of hydrogen-bond acceptors (Lipinski definition) is 7. The van der Waals surface area contributed by atoms with Crippen molar-refractivity contribution in [2.45, 2.75) is 13.2 Å². The molecule has 36 heavy (non-hydrogen) atoms. The highest BCUT2D eigenvalue weighted by molar-refractivity contribution is 8.26. The Bertz CT molecular complexity index is 1430. The van der Waals surface area contributed by atoms with E-state index in [2.05, 4.69) is 4.98 Å². The molecular weight excluding hydrogens is 492 g/mol. The van der Waals surface area contributed by atoms with Crippen molar-refractivity contribution in [3.63, 3.8) is 0 Å². The van der Waals surface area contributed by atoms with Crippen LogP contribution in [0.4, 0.5) is 0 Å². The van der Waals surface area contributed by atoms with Gasteiger partial charge in [0, 0.05) is 29.6 Å². The van der Waals surface area contributed by atoms with E-state index in [0.29, 0.717) is 32.9 Å². The SMILES string of the molecule is O=C(OCc1cccnc1)c1ccc(-c2ccc(/C=C3/SC(=S)N(Cc4ccccc4)C3=O)o2)cc1. The third kappa shape index (κ3) is 5.45. The van der Waals surface area contributed by atoms with Crippen LogP contribution in [-0.2, 0) is 22.7 Å². The summed E-state index contributed by atoms with van der Waals surface area (Å²) < 4.78 is 11.8. The smallest absolute Gasteiger partial charge is 0.338 e. The molecule has 0 spiro atoms. The fourth-order valence-corrected chi connectivity index (χ4v) is 4.84. The van der Waals surface area contributed by atoms with E-state index < -0.39 is 5.97 Å². The highest BCUT2D eigenvalue weighted by Gasteiger charge is 2.32. The highest BCUT2D eigenvalue weighted by atomic mass is 32.2. The fourth-order valence-electron chi connectivity index (χ4n) is 3.60. The van der Waals surface area contributed by atoms with Crippen molar-refractivity contribution in [3.05, 3.63) is 119 Å². The van der Waals surface area contributed by atoms with E-state index in [1.54, 1.807) is 59.8 Å². The van der Waals surface area contributed by atoms with Gasteiger partial charge in [-0.15, -0.1) is 0 Å². The average Bonchev–Trinajstić information content (AvgIpc) is 3.49. The number of thiocarbonyl (C=S) groups is 1. The molecule has 0 unspecified atom stereocenters. The Kier molecular flexibility index (Phi) is 7.06. The van der Waals surface area contributed by atoms with Crippen LogP contribution in [0.15, 0.2) is 101 Å². The number of aromatic nitrogens is 1. The highest BCUT2D eigenvalue weighted by Crippen LogP contribution is 2.34. The number of carbonyl (C=O) groups excluding carboxylic acids is 2. The predicted octanol–water partition coefficient (Wildman–Crippen LogP) is 6.10. The van der Waals surface area contributed by atoms with Crippen LogP contribution in [0.25, 0.3) is 17.4 Å². The molecule has 178 valence electrons.